The van der Waals surface area contributed by atoms with Crippen molar-refractivity contribution >= 4 is 29.0 Å². The summed E-state index contributed by atoms with van der Waals surface area (Å²) >= 11 is 5.69. The molecule has 7 heteroatoms. The van der Waals surface area contributed by atoms with E-state index in [0.29, 0.717) is 31.9 Å². The molecule has 24 heavy (non-hydrogen) atoms. The highest BCUT2D eigenvalue weighted by atomic mass is 35.5. The molecule has 1 aliphatic rings. The van der Waals surface area contributed by atoms with Crippen LogP contribution >= 0.6 is 11.6 Å². The number of carbonyl (C=O) groups excluding carboxylic acids is 1. The van der Waals surface area contributed by atoms with E-state index in [0.717, 1.165) is 6.07 Å². The molecule has 0 saturated carbocycles. The second kappa shape index (κ2) is 7.05. The molecule has 2 aromatic rings. The van der Waals surface area contributed by atoms with Gasteiger partial charge in [0.15, 0.2) is 0 Å². The van der Waals surface area contributed by atoms with E-state index >= 15 is 0 Å². The summed E-state index contributed by atoms with van der Waals surface area (Å²) in [6.45, 7) is 1.87. The summed E-state index contributed by atoms with van der Waals surface area (Å²) in [5.74, 6) is -0.862. The summed E-state index contributed by atoms with van der Waals surface area (Å²) in [6, 6.07) is 10.2. The molecule has 1 saturated heterocycles. The normalized spacial score (nSPS) is 14.6. The first-order chi connectivity index (χ1) is 11.5. The van der Waals surface area contributed by atoms with Crippen molar-refractivity contribution in [3.63, 3.8) is 0 Å². The highest BCUT2D eigenvalue weighted by Gasteiger charge is 2.23. The van der Waals surface area contributed by atoms with Gasteiger partial charge in [-0.3, -0.25) is 0 Å². The van der Waals surface area contributed by atoms with Crippen LogP contribution in [0.15, 0.2) is 42.5 Å². The van der Waals surface area contributed by atoms with E-state index in [-0.39, 0.29) is 22.6 Å². The largest absolute Gasteiger partial charge is 0.366 e. The van der Waals surface area contributed by atoms with Crippen molar-refractivity contribution in [2.45, 2.75) is 0 Å². The third kappa shape index (κ3) is 3.59. The fraction of sp³-hybridized carbons (Fsp3) is 0.235. The van der Waals surface area contributed by atoms with Gasteiger partial charge < -0.3 is 15.1 Å². The first-order valence-corrected chi connectivity index (χ1v) is 7.93. The molecule has 2 aromatic carbocycles. The number of nitrogens with zero attached hydrogens (tertiary/aromatic N) is 2. The van der Waals surface area contributed by atoms with Crippen LogP contribution in [0.4, 0.5) is 25.0 Å². The van der Waals surface area contributed by atoms with Crippen LogP contribution in [0, 0.1) is 11.6 Å². The Labute approximate surface area is 143 Å². The minimum Gasteiger partial charge on any atom is -0.366 e. The Morgan fingerprint density at radius 2 is 1.71 bits per heavy atom. The number of hydrogen-bond acceptors (Lipinski definition) is 2. The molecule has 0 unspecified atom stereocenters. The maximum absolute atomic E-state index is 13.8. The molecule has 0 bridgehead atoms. The summed E-state index contributed by atoms with van der Waals surface area (Å²) < 4.78 is 27.5. The maximum Gasteiger partial charge on any atom is 0.322 e. The molecule has 3 rings (SSSR count). The molecule has 1 fully saturated rings. The molecule has 0 aliphatic carbocycles. The van der Waals surface area contributed by atoms with Gasteiger partial charge in [0.1, 0.15) is 11.6 Å². The average molecular weight is 352 g/mol. The van der Waals surface area contributed by atoms with E-state index in [1.54, 1.807) is 23.1 Å². The Bertz CT molecular complexity index is 748. The van der Waals surface area contributed by atoms with Crippen molar-refractivity contribution in [2.24, 2.45) is 0 Å². The lowest BCUT2D eigenvalue weighted by Gasteiger charge is -2.36. The lowest BCUT2D eigenvalue weighted by Crippen LogP contribution is -2.50. The zero-order chi connectivity index (χ0) is 17.1. The van der Waals surface area contributed by atoms with Gasteiger partial charge in [-0.05, 0) is 30.3 Å². The summed E-state index contributed by atoms with van der Waals surface area (Å²) in [4.78, 5) is 15.7. The third-order valence-electron chi connectivity index (χ3n) is 3.93. The predicted octanol–water partition coefficient (Wildman–Crippen LogP) is 3.97. The molecule has 0 aromatic heterocycles. The number of halogens is 3. The van der Waals surface area contributed by atoms with Gasteiger partial charge in [0.2, 0.25) is 0 Å². The van der Waals surface area contributed by atoms with Gasteiger partial charge in [-0.15, -0.1) is 0 Å². The van der Waals surface area contributed by atoms with Gasteiger partial charge in [-0.2, -0.15) is 0 Å². The van der Waals surface area contributed by atoms with Crippen molar-refractivity contribution in [1.29, 1.82) is 0 Å². The first-order valence-electron chi connectivity index (χ1n) is 7.55. The van der Waals surface area contributed by atoms with E-state index in [1.165, 1.54) is 18.2 Å². The molecule has 0 atom stereocenters. The highest BCUT2D eigenvalue weighted by molar-refractivity contribution is 6.30. The smallest absolute Gasteiger partial charge is 0.322 e. The molecular weight excluding hydrogens is 336 g/mol. The Balaban J connectivity index is 1.60. The summed E-state index contributed by atoms with van der Waals surface area (Å²) in [5, 5.41) is 2.80. The Morgan fingerprint density at radius 3 is 2.38 bits per heavy atom. The Hall–Kier alpha value is -2.34. The van der Waals surface area contributed by atoms with Crippen LogP contribution < -0.4 is 10.2 Å². The van der Waals surface area contributed by atoms with Crippen LogP contribution in [0.2, 0.25) is 5.02 Å². The van der Waals surface area contributed by atoms with E-state index < -0.39 is 5.82 Å². The third-order valence-corrected chi connectivity index (χ3v) is 4.17. The van der Waals surface area contributed by atoms with Crippen molar-refractivity contribution in [3.05, 3.63) is 59.1 Å². The summed E-state index contributed by atoms with van der Waals surface area (Å²) in [7, 11) is 0. The van der Waals surface area contributed by atoms with Crippen LogP contribution in [0.5, 0.6) is 0 Å². The first kappa shape index (κ1) is 16.5. The summed E-state index contributed by atoms with van der Waals surface area (Å²) in [6.07, 6.45) is 0. The van der Waals surface area contributed by atoms with Crippen molar-refractivity contribution in [2.75, 3.05) is 36.4 Å². The molecule has 1 aliphatic heterocycles. The van der Waals surface area contributed by atoms with Crippen LogP contribution in [0.1, 0.15) is 0 Å². The average Bonchev–Trinajstić information content (AvgIpc) is 2.58. The number of carbonyl (C=O) groups is 1. The summed E-state index contributed by atoms with van der Waals surface area (Å²) in [5.41, 5.74) is 0.613. The van der Waals surface area contributed by atoms with Gasteiger partial charge in [0.05, 0.1) is 11.4 Å². The topological polar surface area (TPSA) is 35.6 Å². The van der Waals surface area contributed by atoms with Crippen LogP contribution in [0.25, 0.3) is 0 Å². The van der Waals surface area contributed by atoms with Crippen LogP contribution in [-0.2, 0) is 0 Å². The lowest BCUT2D eigenvalue weighted by molar-refractivity contribution is 0.208. The lowest BCUT2D eigenvalue weighted by atomic mass is 10.2. The monoisotopic (exact) mass is 351 g/mol. The number of nitrogens with one attached hydrogen (secondary N) is 1. The minimum absolute atomic E-state index is 0.0842. The number of rotatable bonds is 2. The van der Waals surface area contributed by atoms with E-state index in [4.69, 9.17) is 11.6 Å². The Morgan fingerprint density at radius 1 is 1.00 bits per heavy atom. The standard InChI is InChI=1S/C17H16ClF2N3O/c18-12-5-6-15(14(20)11-12)21-17(24)23-9-7-22(8-10-23)16-4-2-1-3-13(16)19/h1-6,11H,7-10H2,(H,21,24). The van der Waals surface area contributed by atoms with Crippen molar-refractivity contribution in [3.8, 4) is 0 Å². The number of anilines is 2. The van der Waals surface area contributed by atoms with Gasteiger partial charge in [0.25, 0.3) is 0 Å². The molecule has 4 nitrogen and oxygen atoms in total. The maximum atomic E-state index is 13.8. The zero-order valence-electron chi connectivity index (χ0n) is 12.8. The number of urea groups is 1. The highest BCUT2D eigenvalue weighted by Crippen LogP contribution is 2.22. The number of piperazine rings is 1. The molecule has 1 N–H and O–H groups in total. The van der Waals surface area contributed by atoms with Crippen LogP contribution in [0.3, 0.4) is 0 Å². The quantitative estimate of drug-likeness (QED) is 0.888. The van der Waals surface area contributed by atoms with Gasteiger partial charge in [-0.25, -0.2) is 13.6 Å². The van der Waals surface area contributed by atoms with Gasteiger partial charge in [-0.1, -0.05) is 23.7 Å². The molecular formula is C17H16ClF2N3O. The Kier molecular flexibility index (Phi) is 4.85. The van der Waals surface area contributed by atoms with E-state index in [1.807, 2.05) is 4.90 Å². The van der Waals surface area contributed by atoms with E-state index in [2.05, 4.69) is 5.32 Å². The second-order valence-corrected chi connectivity index (χ2v) is 5.92. The molecule has 2 amide bonds. The fourth-order valence-corrected chi connectivity index (χ4v) is 2.80. The van der Waals surface area contributed by atoms with E-state index in [9.17, 15) is 13.6 Å². The van der Waals surface area contributed by atoms with Crippen molar-refractivity contribution < 1.29 is 13.6 Å². The zero-order valence-corrected chi connectivity index (χ0v) is 13.6. The number of para-hydroxylation sites is 1. The molecule has 1 heterocycles. The number of hydrogen-bond donors (Lipinski definition) is 1. The van der Waals surface area contributed by atoms with Gasteiger partial charge >= 0.3 is 6.03 Å². The SMILES string of the molecule is O=C(Nc1ccc(Cl)cc1F)N1CCN(c2ccccc2F)CC1. The van der Waals surface area contributed by atoms with Crippen LogP contribution in [-0.4, -0.2) is 37.1 Å². The molecule has 0 spiro atoms. The molecule has 0 radical (unpaired) electrons. The number of benzene rings is 2. The predicted molar refractivity (Wildman–Crippen MR) is 90.6 cm³/mol. The number of amides is 2. The minimum atomic E-state index is -0.583. The molecule has 126 valence electrons. The fourth-order valence-electron chi connectivity index (χ4n) is 2.64. The van der Waals surface area contributed by atoms with Gasteiger partial charge in [0, 0.05) is 31.2 Å². The second-order valence-electron chi connectivity index (χ2n) is 5.48. The van der Waals surface area contributed by atoms with Crippen molar-refractivity contribution in [1.82, 2.24) is 4.90 Å².